The molecule has 0 radical (unpaired) electrons. The van der Waals surface area contributed by atoms with Crippen molar-refractivity contribution in [1.82, 2.24) is 4.90 Å². The number of likely N-dealkylation sites (N-methyl/N-ethyl adjacent to an activating group) is 1. The third kappa shape index (κ3) is 2.51. The van der Waals surface area contributed by atoms with E-state index in [9.17, 15) is 5.11 Å². The maximum atomic E-state index is 9.53. The van der Waals surface area contributed by atoms with E-state index < -0.39 is 0 Å². The van der Waals surface area contributed by atoms with Crippen LogP contribution in [-0.2, 0) is 0 Å². The van der Waals surface area contributed by atoms with Crippen LogP contribution in [0.2, 0.25) is 0 Å². The van der Waals surface area contributed by atoms with Crippen LogP contribution in [0, 0.1) is 5.41 Å². The first-order chi connectivity index (χ1) is 9.46. The Morgan fingerprint density at radius 2 is 1.95 bits per heavy atom. The molecule has 0 aromatic heterocycles. The second-order valence-electron chi connectivity index (χ2n) is 7.11. The fraction of sp³-hybridized carbons (Fsp3) is 0.647. The zero-order valence-corrected chi connectivity index (χ0v) is 12.7. The van der Waals surface area contributed by atoms with Crippen LogP contribution in [0.5, 0.6) is 11.5 Å². The first kappa shape index (κ1) is 13.7. The molecule has 1 atom stereocenters. The number of rotatable bonds is 2. The molecule has 3 nitrogen and oxygen atoms in total. The molecule has 20 heavy (non-hydrogen) atoms. The van der Waals surface area contributed by atoms with Gasteiger partial charge in [0.25, 0.3) is 0 Å². The fourth-order valence-electron chi connectivity index (χ4n) is 3.56. The molecule has 110 valence electrons. The summed E-state index contributed by atoms with van der Waals surface area (Å²) in [6.45, 7) is 5.45. The number of hydrogen-bond acceptors (Lipinski definition) is 3. The molecule has 1 N–H and O–H groups in total. The van der Waals surface area contributed by atoms with Gasteiger partial charge in [-0.15, -0.1) is 0 Å². The maximum absolute atomic E-state index is 9.53. The van der Waals surface area contributed by atoms with Crippen LogP contribution in [0.4, 0.5) is 0 Å². The zero-order chi connectivity index (χ0) is 14.3. The Bertz CT molecular complexity index is 488. The van der Waals surface area contributed by atoms with Gasteiger partial charge in [-0.3, -0.25) is 4.90 Å². The molecule has 1 unspecified atom stereocenters. The van der Waals surface area contributed by atoms with Gasteiger partial charge in [0.15, 0.2) is 0 Å². The van der Waals surface area contributed by atoms with Gasteiger partial charge in [0.1, 0.15) is 18.1 Å². The molecule has 1 heterocycles. The van der Waals surface area contributed by atoms with E-state index in [2.05, 4.69) is 25.8 Å². The van der Waals surface area contributed by atoms with Crippen molar-refractivity contribution in [2.24, 2.45) is 5.41 Å². The SMILES string of the molecule is CN(C1CCC(C)(C)CC1)C1COc2cc(O)ccc21. The minimum atomic E-state index is 0.284. The molecule has 1 saturated carbocycles. The van der Waals surface area contributed by atoms with E-state index in [0.29, 0.717) is 24.1 Å². The van der Waals surface area contributed by atoms with Crippen LogP contribution in [0.15, 0.2) is 18.2 Å². The van der Waals surface area contributed by atoms with E-state index in [0.717, 1.165) is 5.75 Å². The number of nitrogens with zero attached hydrogens (tertiary/aromatic N) is 1. The quantitative estimate of drug-likeness (QED) is 0.892. The highest BCUT2D eigenvalue weighted by Crippen LogP contribution is 2.42. The molecule has 1 fully saturated rings. The molecular weight excluding hydrogens is 250 g/mol. The molecule has 2 aliphatic rings. The first-order valence-corrected chi connectivity index (χ1v) is 7.64. The molecule has 1 aliphatic heterocycles. The molecule has 3 heteroatoms. The van der Waals surface area contributed by atoms with Gasteiger partial charge in [-0.1, -0.05) is 13.8 Å². The van der Waals surface area contributed by atoms with Crippen molar-refractivity contribution in [3.8, 4) is 11.5 Å². The first-order valence-electron chi connectivity index (χ1n) is 7.64. The molecule has 1 aromatic rings. The number of aromatic hydroxyl groups is 1. The lowest BCUT2D eigenvalue weighted by Gasteiger charge is -2.40. The Hall–Kier alpha value is -1.22. The minimum absolute atomic E-state index is 0.284. The highest BCUT2D eigenvalue weighted by Gasteiger charge is 2.35. The normalized spacial score (nSPS) is 25.5. The van der Waals surface area contributed by atoms with Gasteiger partial charge in [0, 0.05) is 17.7 Å². The average molecular weight is 275 g/mol. The summed E-state index contributed by atoms with van der Waals surface area (Å²) in [5, 5.41) is 9.53. The van der Waals surface area contributed by atoms with E-state index in [1.807, 2.05) is 6.07 Å². The summed E-state index contributed by atoms with van der Waals surface area (Å²) in [4.78, 5) is 2.48. The van der Waals surface area contributed by atoms with Crippen LogP contribution >= 0.6 is 0 Å². The van der Waals surface area contributed by atoms with Crippen molar-refractivity contribution in [3.63, 3.8) is 0 Å². The predicted octanol–water partition coefficient (Wildman–Crippen LogP) is 3.73. The second-order valence-corrected chi connectivity index (χ2v) is 7.11. The van der Waals surface area contributed by atoms with Crippen LogP contribution in [-0.4, -0.2) is 29.7 Å². The van der Waals surface area contributed by atoms with Crippen molar-refractivity contribution in [2.75, 3.05) is 13.7 Å². The summed E-state index contributed by atoms with van der Waals surface area (Å²) in [6, 6.07) is 6.48. The van der Waals surface area contributed by atoms with E-state index in [1.54, 1.807) is 12.1 Å². The number of hydrogen-bond donors (Lipinski definition) is 1. The van der Waals surface area contributed by atoms with E-state index >= 15 is 0 Å². The lowest BCUT2D eigenvalue weighted by Crippen LogP contribution is -2.39. The van der Waals surface area contributed by atoms with E-state index in [4.69, 9.17) is 4.74 Å². The van der Waals surface area contributed by atoms with Gasteiger partial charge in [0.2, 0.25) is 0 Å². The number of phenols is 1. The largest absolute Gasteiger partial charge is 0.508 e. The number of fused-ring (bicyclic) bond motifs is 1. The Balaban J connectivity index is 1.72. The third-order valence-electron chi connectivity index (χ3n) is 5.13. The highest BCUT2D eigenvalue weighted by molar-refractivity contribution is 5.44. The maximum Gasteiger partial charge on any atom is 0.127 e. The van der Waals surface area contributed by atoms with Gasteiger partial charge in [-0.2, -0.15) is 0 Å². The highest BCUT2D eigenvalue weighted by atomic mass is 16.5. The summed E-state index contributed by atoms with van der Waals surface area (Å²) in [6.07, 6.45) is 5.15. The van der Waals surface area contributed by atoms with Gasteiger partial charge in [0.05, 0.1) is 6.04 Å². The van der Waals surface area contributed by atoms with Crippen molar-refractivity contribution in [3.05, 3.63) is 23.8 Å². The summed E-state index contributed by atoms with van der Waals surface area (Å²) < 4.78 is 5.74. The standard InChI is InChI=1S/C17H25NO2/c1-17(2)8-6-12(7-9-17)18(3)15-11-20-16-10-13(19)4-5-14(15)16/h4-5,10,12,15,19H,6-9,11H2,1-3H3. The number of phenolic OH excluding ortho intramolecular Hbond substituents is 1. The Labute approximate surface area is 121 Å². The monoisotopic (exact) mass is 275 g/mol. The van der Waals surface area contributed by atoms with Crippen LogP contribution < -0.4 is 4.74 Å². The van der Waals surface area contributed by atoms with Gasteiger partial charge >= 0.3 is 0 Å². The molecular formula is C17H25NO2. The minimum Gasteiger partial charge on any atom is -0.508 e. The summed E-state index contributed by atoms with van der Waals surface area (Å²) in [5.41, 5.74) is 1.72. The van der Waals surface area contributed by atoms with E-state index in [-0.39, 0.29) is 5.75 Å². The zero-order valence-electron chi connectivity index (χ0n) is 12.7. The van der Waals surface area contributed by atoms with Gasteiger partial charge in [-0.25, -0.2) is 0 Å². The third-order valence-corrected chi connectivity index (χ3v) is 5.13. The lowest BCUT2D eigenvalue weighted by molar-refractivity contribution is 0.0838. The summed E-state index contributed by atoms with van der Waals surface area (Å²) >= 11 is 0. The molecule has 0 saturated heterocycles. The van der Waals surface area contributed by atoms with Gasteiger partial charge in [-0.05, 0) is 50.3 Å². The Morgan fingerprint density at radius 3 is 2.65 bits per heavy atom. The summed E-state index contributed by atoms with van der Waals surface area (Å²) in [5.74, 6) is 1.13. The summed E-state index contributed by atoms with van der Waals surface area (Å²) in [7, 11) is 2.22. The van der Waals surface area contributed by atoms with Gasteiger partial charge < -0.3 is 9.84 Å². The van der Waals surface area contributed by atoms with Crippen LogP contribution in [0.25, 0.3) is 0 Å². The van der Waals surface area contributed by atoms with Crippen LogP contribution in [0.1, 0.15) is 51.1 Å². The average Bonchev–Trinajstić information content (AvgIpc) is 2.80. The molecule has 0 bridgehead atoms. The Kier molecular flexibility index (Phi) is 3.41. The second kappa shape index (κ2) is 4.96. The van der Waals surface area contributed by atoms with Crippen molar-refractivity contribution >= 4 is 0 Å². The topological polar surface area (TPSA) is 32.7 Å². The molecule has 1 aromatic carbocycles. The van der Waals surface area contributed by atoms with Crippen molar-refractivity contribution in [2.45, 2.75) is 51.6 Å². The smallest absolute Gasteiger partial charge is 0.127 e. The number of benzene rings is 1. The molecule has 1 aliphatic carbocycles. The lowest BCUT2D eigenvalue weighted by atomic mass is 9.75. The number of ether oxygens (including phenoxy) is 1. The van der Waals surface area contributed by atoms with Crippen LogP contribution in [0.3, 0.4) is 0 Å². The molecule has 3 rings (SSSR count). The molecule has 0 amide bonds. The predicted molar refractivity (Wildman–Crippen MR) is 80.1 cm³/mol. The van der Waals surface area contributed by atoms with Crippen molar-refractivity contribution < 1.29 is 9.84 Å². The fourth-order valence-corrected chi connectivity index (χ4v) is 3.56. The van der Waals surface area contributed by atoms with Crippen molar-refractivity contribution in [1.29, 1.82) is 0 Å². The Morgan fingerprint density at radius 1 is 1.25 bits per heavy atom. The van der Waals surface area contributed by atoms with E-state index in [1.165, 1.54) is 31.2 Å². The molecule has 0 spiro atoms.